The molecule has 2 aromatic rings. The Kier molecular flexibility index (Phi) is 5.06. The highest BCUT2D eigenvalue weighted by molar-refractivity contribution is 6.10. The molecule has 1 aliphatic rings. The molecule has 0 spiro atoms. The van der Waals surface area contributed by atoms with Crippen LogP contribution in [-0.2, 0) is 14.4 Å². The van der Waals surface area contributed by atoms with Crippen molar-refractivity contribution >= 4 is 29.1 Å². The predicted molar refractivity (Wildman–Crippen MR) is 96.7 cm³/mol. The van der Waals surface area contributed by atoms with Crippen LogP contribution in [0.25, 0.3) is 0 Å². The van der Waals surface area contributed by atoms with Crippen molar-refractivity contribution in [1.82, 2.24) is 5.32 Å². The Morgan fingerprint density at radius 2 is 2.00 bits per heavy atom. The molecule has 2 heterocycles. The van der Waals surface area contributed by atoms with Gasteiger partial charge in [-0.3, -0.25) is 14.4 Å². The Balaban J connectivity index is 1.57. The van der Waals surface area contributed by atoms with Gasteiger partial charge >= 0.3 is 0 Å². The Labute approximate surface area is 151 Å². The highest BCUT2D eigenvalue weighted by atomic mass is 16.3. The molecular weight excluding hydrogens is 334 g/mol. The Morgan fingerprint density at radius 3 is 2.73 bits per heavy atom. The number of hydrogen-bond donors (Lipinski definition) is 2. The van der Waals surface area contributed by atoms with Crippen molar-refractivity contribution in [2.45, 2.75) is 32.7 Å². The number of furan rings is 1. The number of nitrogens with zero attached hydrogens (tertiary/aromatic N) is 1. The number of amides is 3. The molecule has 0 aliphatic carbocycles. The molecule has 0 radical (unpaired) electrons. The molecule has 0 bridgehead atoms. The molecule has 1 atom stereocenters. The molecule has 1 unspecified atom stereocenters. The van der Waals surface area contributed by atoms with E-state index in [1.165, 1.54) is 4.90 Å². The first-order valence-electron chi connectivity index (χ1n) is 8.49. The number of fused-ring (bicyclic) bond motifs is 1. The summed E-state index contributed by atoms with van der Waals surface area (Å²) in [6.45, 7) is 3.62. The lowest BCUT2D eigenvalue weighted by Gasteiger charge is -2.29. The maximum absolute atomic E-state index is 12.5. The molecule has 3 amide bonds. The van der Waals surface area contributed by atoms with Crippen molar-refractivity contribution in [2.24, 2.45) is 0 Å². The summed E-state index contributed by atoms with van der Waals surface area (Å²) in [7, 11) is 0. The molecule has 7 nitrogen and oxygen atoms in total. The van der Waals surface area contributed by atoms with Crippen LogP contribution in [0.1, 0.15) is 37.3 Å². The third kappa shape index (κ3) is 3.93. The van der Waals surface area contributed by atoms with Gasteiger partial charge in [0, 0.05) is 12.8 Å². The molecule has 7 heteroatoms. The van der Waals surface area contributed by atoms with Gasteiger partial charge in [-0.1, -0.05) is 12.1 Å². The first-order valence-corrected chi connectivity index (χ1v) is 8.49. The van der Waals surface area contributed by atoms with E-state index in [-0.39, 0.29) is 43.1 Å². The van der Waals surface area contributed by atoms with E-state index >= 15 is 0 Å². The molecule has 1 aromatic heterocycles. The minimum absolute atomic E-state index is 0.0251. The normalized spacial score (nSPS) is 14.4. The van der Waals surface area contributed by atoms with Crippen LogP contribution >= 0.6 is 0 Å². The maximum atomic E-state index is 12.5. The highest BCUT2D eigenvalue weighted by Crippen LogP contribution is 2.29. The number of nitrogens with one attached hydrogen (secondary N) is 2. The van der Waals surface area contributed by atoms with E-state index in [4.69, 9.17) is 4.42 Å². The fourth-order valence-corrected chi connectivity index (χ4v) is 2.88. The van der Waals surface area contributed by atoms with Gasteiger partial charge in [-0.25, -0.2) is 0 Å². The molecule has 26 heavy (non-hydrogen) atoms. The van der Waals surface area contributed by atoms with Crippen molar-refractivity contribution in [2.75, 3.05) is 16.8 Å². The van der Waals surface area contributed by atoms with Gasteiger partial charge in [0.05, 0.1) is 17.4 Å². The van der Waals surface area contributed by atoms with E-state index in [1.807, 2.05) is 26.0 Å². The number of anilines is 2. The minimum Gasteiger partial charge on any atom is -0.464 e. The largest absolute Gasteiger partial charge is 0.464 e. The number of hydrogen-bond acceptors (Lipinski definition) is 4. The molecule has 0 saturated carbocycles. The first kappa shape index (κ1) is 17.7. The third-order valence-corrected chi connectivity index (χ3v) is 4.20. The van der Waals surface area contributed by atoms with E-state index < -0.39 is 0 Å². The number of carbonyl (C=O) groups is 3. The number of para-hydroxylation sites is 2. The summed E-state index contributed by atoms with van der Waals surface area (Å²) in [6.07, 6.45) is 0.0699. The van der Waals surface area contributed by atoms with Crippen LogP contribution in [0.2, 0.25) is 0 Å². The highest BCUT2D eigenvalue weighted by Gasteiger charge is 2.26. The Bertz CT molecular complexity index is 843. The molecular formula is C19H21N3O4. The zero-order chi connectivity index (χ0) is 18.7. The summed E-state index contributed by atoms with van der Waals surface area (Å²) in [5.41, 5.74) is 1.25. The molecule has 0 fully saturated rings. The van der Waals surface area contributed by atoms with Crippen LogP contribution in [0.5, 0.6) is 0 Å². The van der Waals surface area contributed by atoms with Gasteiger partial charge in [0.25, 0.3) is 0 Å². The molecule has 2 N–H and O–H groups in total. The number of rotatable bonds is 5. The molecule has 0 saturated heterocycles. The number of aryl methyl sites for hydroxylation is 1. The summed E-state index contributed by atoms with van der Waals surface area (Å²) in [5, 5.41) is 5.55. The lowest BCUT2D eigenvalue weighted by atomic mass is 10.1. The molecule has 1 aliphatic heterocycles. The smallest absolute Gasteiger partial charge is 0.244 e. The number of benzene rings is 1. The summed E-state index contributed by atoms with van der Waals surface area (Å²) < 4.78 is 5.48. The van der Waals surface area contributed by atoms with Gasteiger partial charge in [-0.2, -0.15) is 0 Å². The van der Waals surface area contributed by atoms with Crippen molar-refractivity contribution in [1.29, 1.82) is 0 Å². The summed E-state index contributed by atoms with van der Waals surface area (Å²) in [5.74, 6) is 0.698. The second kappa shape index (κ2) is 7.43. The fraction of sp³-hybridized carbons (Fsp3) is 0.316. The Morgan fingerprint density at radius 1 is 1.23 bits per heavy atom. The number of carbonyl (C=O) groups excluding carboxylic acids is 3. The molecule has 3 rings (SSSR count). The standard InChI is InChI=1S/C19H21N3O4/c1-12-7-8-16(26-12)13(2)20-17(23)9-10-19(25)22-11-18(24)21-14-5-3-4-6-15(14)22/h3-8,13H,9-11H2,1-2H3,(H,20,23)(H,21,24). The van der Waals surface area contributed by atoms with E-state index in [1.54, 1.807) is 24.3 Å². The zero-order valence-electron chi connectivity index (χ0n) is 14.7. The topological polar surface area (TPSA) is 91.7 Å². The maximum Gasteiger partial charge on any atom is 0.244 e. The van der Waals surface area contributed by atoms with Gasteiger partial charge in [-0.15, -0.1) is 0 Å². The van der Waals surface area contributed by atoms with Crippen molar-refractivity contribution in [3.63, 3.8) is 0 Å². The van der Waals surface area contributed by atoms with E-state index in [2.05, 4.69) is 10.6 Å². The van der Waals surface area contributed by atoms with Crippen molar-refractivity contribution in [3.05, 3.63) is 47.9 Å². The SMILES string of the molecule is Cc1ccc(C(C)NC(=O)CCC(=O)N2CC(=O)Nc3ccccc32)o1. The van der Waals surface area contributed by atoms with Gasteiger partial charge in [0.2, 0.25) is 17.7 Å². The lowest BCUT2D eigenvalue weighted by Crippen LogP contribution is -2.42. The van der Waals surface area contributed by atoms with Crippen molar-refractivity contribution < 1.29 is 18.8 Å². The first-order chi connectivity index (χ1) is 12.4. The van der Waals surface area contributed by atoms with Gasteiger partial charge < -0.3 is 20.0 Å². The molecule has 136 valence electrons. The summed E-state index contributed by atoms with van der Waals surface area (Å²) in [6, 6.07) is 10.5. The van der Waals surface area contributed by atoms with Crippen LogP contribution in [0.15, 0.2) is 40.8 Å². The lowest BCUT2D eigenvalue weighted by molar-refractivity contribution is -0.126. The quantitative estimate of drug-likeness (QED) is 0.862. The van der Waals surface area contributed by atoms with Crippen LogP contribution < -0.4 is 15.5 Å². The van der Waals surface area contributed by atoms with E-state index in [0.29, 0.717) is 17.1 Å². The average molecular weight is 355 g/mol. The van der Waals surface area contributed by atoms with Gasteiger partial charge in [0.15, 0.2) is 0 Å². The summed E-state index contributed by atoms with van der Waals surface area (Å²) >= 11 is 0. The van der Waals surface area contributed by atoms with Crippen molar-refractivity contribution in [3.8, 4) is 0 Å². The fourth-order valence-electron chi connectivity index (χ4n) is 2.88. The monoisotopic (exact) mass is 355 g/mol. The zero-order valence-corrected chi connectivity index (χ0v) is 14.7. The van der Waals surface area contributed by atoms with Gasteiger partial charge in [-0.05, 0) is 38.1 Å². The van der Waals surface area contributed by atoms with Crippen LogP contribution in [0.3, 0.4) is 0 Å². The second-order valence-corrected chi connectivity index (χ2v) is 6.28. The van der Waals surface area contributed by atoms with Gasteiger partial charge in [0.1, 0.15) is 18.1 Å². The van der Waals surface area contributed by atoms with Crippen LogP contribution in [0.4, 0.5) is 11.4 Å². The third-order valence-electron chi connectivity index (χ3n) is 4.20. The average Bonchev–Trinajstić information content (AvgIpc) is 3.05. The molecule has 1 aromatic carbocycles. The summed E-state index contributed by atoms with van der Waals surface area (Å²) in [4.78, 5) is 37.9. The predicted octanol–water partition coefficient (Wildman–Crippen LogP) is 2.53. The van der Waals surface area contributed by atoms with E-state index in [9.17, 15) is 14.4 Å². The van der Waals surface area contributed by atoms with Crippen LogP contribution in [0, 0.1) is 6.92 Å². The van der Waals surface area contributed by atoms with Crippen LogP contribution in [-0.4, -0.2) is 24.3 Å². The minimum atomic E-state index is -0.271. The van der Waals surface area contributed by atoms with E-state index in [0.717, 1.165) is 5.76 Å². The Hall–Kier alpha value is -3.09. The second-order valence-electron chi connectivity index (χ2n) is 6.28.